The Kier molecular flexibility index (Phi) is 6.77. The second-order valence-electron chi connectivity index (χ2n) is 8.68. The van der Waals surface area contributed by atoms with Gasteiger partial charge in [0.05, 0.1) is 13.3 Å². The Labute approximate surface area is 207 Å². The number of aromatic nitrogens is 1. The van der Waals surface area contributed by atoms with E-state index in [1.54, 1.807) is 41.1 Å². The minimum Gasteiger partial charge on any atom is -0.491 e. The van der Waals surface area contributed by atoms with E-state index in [0.29, 0.717) is 23.7 Å². The van der Waals surface area contributed by atoms with Gasteiger partial charge in [0, 0.05) is 61.9 Å². The van der Waals surface area contributed by atoms with Gasteiger partial charge in [0.15, 0.2) is 17.2 Å². The number of nitrogens with zero attached hydrogens (tertiary/aromatic N) is 3. The molecular formula is C26H27FN4O5. The van der Waals surface area contributed by atoms with Crippen molar-refractivity contribution >= 4 is 17.3 Å². The number of piperazine rings is 1. The van der Waals surface area contributed by atoms with Gasteiger partial charge in [-0.25, -0.2) is 4.39 Å². The molecule has 0 aliphatic carbocycles. The SMILES string of the molecule is COc1cn(CC(=O)Nc2ccc3c(c2)OCO3)c(CN2CCN(c3ccc(F)cc3)CC2)cc1=O. The lowest BCUT2D eigenvalue weighted by molar-refractivity contribution is -0.116. The van der Waals surface area contributed by atoms with Gasteiger partial charge >= 0.3 is 0 Å². The molecule has 0 spiro atoms. The van der Waals surface area contributed by atoms with Crippen molar-refractivity contribution in [3.63, 3.8) is 0 Å². The summed E-state index contributed by atoms with van der Waals surface area (Å²) in [5.41, 5.74) is 2.06. The van der Waals surface area contributed by atoms with Crippen LogP contribution in [0, 0.1) is 5.82 Å². The van der Waals surface area contributed by atoms with Crippen LogP contribution in [-0.2, 0) is 17.9 Å². The summed E-state index contributed by atoms with van der Waals surface area (Å²) in [5.74, 6) is 0.897. The summed E-state index contributed by atoms with van der Waals surface area (Å²) in [4.78, 5) is 29.8. The molecule has 36 heavy (non-hydrogen) atoms. The Balaban J connectivity index is 1.26. The second kappa shape index (κ2) is 10.3. The molecule has 10 heteroatoms. The number of benzene rings is 2. The quantitative estimate of drug-likeness (QED) is 0.541. The molecule has 0 atom stereocenters. The number of halogens is 1. The number of nitrogens with one attached hydrogen (secondary N) is 1. The molecule has 3 aromatic rings. The predicted molar refractivity (Wildman–Crippen MR) is 132 cm³/mol. The monoisotopic (exact) mass is 494 g/mol. The zero-order chi connectivity index (χ0) is 25.1. The van der Waals surface area contributed by atoms with Crippen molar-refractivity contribution in [1.82, 2.24) is 9.47 Å². The van der Waals surface area contributed by atoms with E-state index in [1.165, 1.54) is 25.3 Å². The van der Waals surface area contributed by atoms with Gasteiger partial charge < -0.3 is 29.0 Å². The highest BCUT2D eigenvalue weighted by atomic mass is 19.1. The molecule has 0 bridgehead atoms. The average molecular weight is 495 g/mol. The third-order valence-corrected chi connectivity index (χ3v) is 6.32. The van der Waals surface area contributed by atoms with Crippen LogP contribution in [-0.4, -0.2) is 55.5 Å². The van der Waals surface area contributed by atoms with Crippen LogP contribution >= 0.6 is 0 Å². The first-order chi connectivity index (χ1) is 17.5. The van der Waals surface area contributed by atoms with Crippen LogP contribution in [0.3, 0.4) is 0 Å². The molecule has 0 unspecified atom stereocenters. The van der Waals surface area contributed by atoms with Crippen LogP contribution in [0.1, 0.15) is 5.69 Å². The third-order valence-electron chi connectivity index (χ3n) is 6.32. The van der Waals surface area contributed by atoms with Crippen LogP contribution in [0.25, 0.3) is 0 Å². The van der Waals surface area contributed by atoms with Gasteiger partial charge in [0.25, 0.3) is 0 Å². The highest BCUT2D eigenvalue weighted by Crippen LogP contribution is 2.34. The first-order valence-electron chi connectivity index (χ1n) is 11.7. The number of methoxy groups -OCH3 is 1. The van der Waals surface area contributed by atoms with Gasteiger partial charge in [-0.3, -0.25) is 14.5 Å². The fourth-order valence-electron chi connectivity index (χ4n) is 4.41. The minimum atomic E-state index is -0.252. The number of ether oxygens (including phenoxy) is 3. The first-order valence-corrected chi connectivity index (χ1v) is 11.7. The van der Waals surface area contributed by atoms with Crippen LogP contribution in [0.15, 0.2) is 59.5 Å². The molecule has 2 aliphatic heterocycles. The number of carbonyl (C=O) groups is 1. The van der Waals surface area contributed by atoms with Crippen LogP contribution in [0.2, 0.25) is 0 Å². The van der Waals surface area contributed by atoms with Gasteiger partial charge in [-0.2, -0.15) is 0 Å². The summed E-state index contributed by atoms with van der Waals surface area (Å²) in [5, 5.41) is 2.87. The maximum atomic E-state index is 13.2. The number of rotatable bonds is 7. The van der Waals surface area contributed by atoms with E-state index in [1.807, 2.05) is 0 Å². The Hall–Kier alpha value is -4.05. The number of pyridine rings is 1. The summed E-state index contributed by atoms with van der Waals surface area (Å²) < 4.78 is 30.9. The zero-order valence-electron chi connectivity index (χ0n) is 19.9. The van der Waals surface area contributed by atoms with E-state index in [4.69, 9.17) is 14.2 Å². The third kappa shape index (κ3) is 5.28. The van der Waals surface area contributed by atoms with Gasteiger partial charge in [-0.05, 0) is 36.4 Å². The Morgan fingerprint density at radius 1 is 1.03 bits per heavy atom. The van der Waals surface area contributed by atoms with E-state index >= 15 is 0 Å². The van der Waals surface area contributed by atoms with Crippen LogP contribution < -0.4 is 29.9 Å². The van der Waals surface area contributed by atoms with Crippen LogP contribution in [0.4, 0.5) is 15.8 Å². The number of anilines is 2. The first kappa shape index (κ1) is 23.7. The lowest BCUT2D eigenvalue weighted by Gasteiger charge is -2.36. The van der Waals surface area contributed by atoms with Crippen molar-refractivity contribution in [3.8, 4) is 17.2 Å². The van der Waals surface area contributed by atoms with E-state index in [2.05, 4.69) is 15.1 Å². The number of fused-ring (bicyclic) bond motifs is 1. The molecule has 2 aromatic carbocycles. The molecule has 2 aliphatic rings. The van der Waals surface area contributed by atoms with Gasteiger partial charge in [-0.15, -0.1) is 0 Å². The summed E-state index contributed by atoms with van der Waals surface area (Å²) in [6, 6.07) is 13.2. The minimum absolute atomic E-state index is 0.00988. The van der Waals surface area contributed by atoms with Crippen molar-refractivity contribution in [1.29, 1.82) is 0 Å². The molecule has 0 radical (unpaired) electrons. The van der Waals surface area contributed by atoms with Gasteiger partial charge in [0.2, 0.25) is 18.1 Å². The van der Waals surface area contributed by atoms with Gasteiger partial charge in [0.1, 0.15) is 12.4 Å². The topological polar surface area (TPSA) is 85.3 Å². The standard InChI is InChI=1S/C26H27FN4O5/c1-34-25-15-31(16-26(33)28-19-4-7-23-24(12-19)36-17-35-23)21(13-22(25)32)14-29-8-10-30(11-9-29)20-5-2-18(27)3-6-20/h2-7,12-13,15H,8-11,14,16-17H2,1H3,(H,28,33). The molecule has 1 saturated heterocycles. The number of hydrogen-bond donors (Lipinski definition) is 1. The fourth-order valence-corrected chi connectivity index (χ4v) is 4.41. The van der Waals surface area contributed by atoms with Crippen LogP contribution in [0.5, 0.6) is 17.2 Å². The van der Waals surface area contributed by atoms with Crippen molar-refractivity contribution in [2.24, 2.45) is 0 Å². The van der Waals surface area contributed by atoms with E-state index in [-0.39, 0.29) is 36.2 Å². The van der Waals surface area contributed by atoms with Gasteiger partial charge in [-0.1, -0.05) is 0 Å². The largest absolute Gasteiger partial charge is 0.491 e. The Morgan fingerprint density at radius 3 is 2.53 bits per heavy atom. The van der Waals surface area contributed by atoms with Crippen molar-refractivity contribution in [2.75, 3.05) is 50.3 Å². The average Bonchev–Trinajstić information content (AvgIpc) is 3.34. The molecule has 9 nitrogen and oxygen atoms in total. The Morgan fingerprint density at radius 2 is 1.78 bits per heavy atom. The van der Waals surface area contributed by atoms with E-state index < -0.39 is 0 Å². The van der Waals surface area contributed by atoms with E-state index in [0.717, 1.165) is 37.6 Å². The second-order valence-corrected chi connectivity index (χ2v) is 8.68. The molecule has 1 fully saturated rings. The normalized spacial score (nSPS) is 15.1. The molecule has 188 valence electrons. The summed E-state index contributed by atoms with van der Waals surface area (Å²) >= 11 is 0. The smallest absolute Gasteiger partial charge is 0.244 e. The zero-order valence-corrected chi connectivity index (χ0v) is 19.9. The molecule has 3 heterocycles. The number of amides is 1. The molecule has 1 N–H and O–H groups in total. The lowest BCUT2D eigenvalue weighted by atomic mass is 10.2. The van der Waals surface area contributed by atoms with Crippen molar-refractivity contribution in [3.05, 3.63) is 76.5 Å². The summed E-state index contributed by atoms with van der Waals surface area (Å²) in [6.45, 7) is 3.75. The molecule has 0 saturated carbocycles. The van der Waals surface area contributed by atoms with Crippen molar-refractivity contribution in [2.45, 2.75) is 13.1 Å². The summed E-state index contributed by atoms with van der Waals surface area (Å²) in [7, 11) is 1.43. The number of carbonyl (C=O) groups excluding carboxylic acids is 1. The maximum absolute atomic E-state index is 13.2. The highest BCUT2D eigenvalue weighted by molar-refractivity contribution is 5.91. The molecule has 5 rings (SSSR count). The lowest BCUT2D eigenvalue weighted by Crippen LogP contribution is -2.46. The molecular weight excluding hydrogens is 467 g/mol. The molecule has 1 aromatic heterocycles. The fraction of sp³-hybridized carbons (Fsp3) is 0.308. The molecule has 1 amide bonds. The van der Waals surface area contributed by atoms with E-state index in [9.17, 15) is 14.0 Å². The number of hydrogen-bond acceptors (Lipinski definition) is 7. The predicted octanol–water partition coefficient (Wildman–Crippen LogP) is 2.69. The Bertz CT molecular complexity index is 1300. The highest BCUT2D eigenvalue weighted by Gasteiger charge is 2.20. The summed E-state index contributed by atoms with van der Waals surface area (Å²) in [6.07, 6.45) is 1.58. The van der Waals surface area contributed by atoms with Crippen molar-refractivity contribution < 1.29 is 23.4 Å². The maximum Gasteiger partial charge on any atom is 0.244 e.